The molecule has 3 aromatic carbocycles. The van der Waals surface area contributed by atoms with Gasteiger partial charge in [-0.1, -0.05) is 23.8 Å². The van der Waals surface area contributed by atoms with Crippen LogP contribution in [0.25, 0.3) is 10.9 Å². The minimum atomic E-state index is -0.210. The predicted octanol–water partition coefficient (Wildman–Crippen LogP) is 4.72. The fourth-order valence-electron chi connectivity index (χ4n) is 4.45. The molecule has 7 heteroatoms. The fraction of sp³-hybridized carbons (Fsp3) is 0.214. The summed E-state index contributed by atoms with van der Waals surface area (Å²) < 4.78 is 16.2. The number of rotatable bonds is 6. The Morgan fingerprint density at radius 2 is 1.83 bits per heavy atom. The second-order valence-electron chi connectivity index (χ2n) is 8.75. The Balaban J connectivity index is 1.53. The van der Waals surface area contributed by atoms with E-state index in [0.717, 1.165) is 27.6 Å². The number of aromatic amines is 1. The molecule has 0 atom stereocenters. The van der Waals surface area contributed by atoms with Crippen molar-refractivity contribution in [2.45, 2.75) is 26.9 Å². The first-order valence-corrected chi connectivity index (χ1v) is 11.4. The number of ether oxygens (including phenoxy) is 3. The summed E-state index contributed by atoms with van der Waals surface area (Å²) in [5.41, 5.74) is 4.58. The van der Waals surface area contributed by atoms with Crippen LogP contribution in [0.4, 0.5) is 0 Å². The molecule has 0 spiro atoms. The molecule has 4 aromatic rings. The monoisotopic (exact) mass is 470 g/mol. The average Bonchev–Trinajstić information content (AvgIpc) is 3.32. The third kappa shape index (κ3) is 4.57. The third-order valence-corrected chi connectivity index (χ3v) is 6.15. The Hall–Kier alpha value is -4.26. The summed E-state index contributed by atoms with van der Waals surface area (Å²) in [6.07, 6.45) is 0. The molecule has 7 nitrogen and oxygen atoms in total. The maximum atomic E-state index is 13.6. The molecule has 2 heterocycles. The number of H-pyrrole nitrogens is 1. The summed E-state index contributed by atoms with van der Waals surface area (Å²) in [6, 6.07) is 18.6. The number of hydrogen-bond donors (Lipinski definition) is 1. The number of aryl methyl sites for hydroxylation is 2. The smallest absolute Gasteiger partial charge is 0.254 e. The number of benzene rings is 3. The zero-order valence-electron chi connectivity index (χ0n) is 19.9. The lowest BCUT2D eigenvalue weighted by molar-refractivity contribution is 0.0729. The van der Waals surface area contributed by atoms with E-state index in [0.29, 0.717) is 28.4 Å². The number of fused-ring (bicyclic) bond motifs is 2. The van der Waals surface area contributed by atoms with Gasteiger partial charge in [-0.2, -0.15) is 0 Å². The Morgan fingerprint density at radius 3 is 2.66 bits per heavy atom. The first kappa shape index (κ1) is 22.5. The van der Waals surface area contributed by atoms with Gasteiger partial charge in [-0.05, 0) is 72.8 Å². The molecule has 1 aromatic heterocycles. The molecule has 0 fully saturated rings. The third-order valence-electron chi connectivity index (χ3n) is 6.15. The van der Waals surface area contributed by atoms with Gasteiger partial charge in [0.25, 0.3) is 11.5 Å². The van der Waals surface area contributed by atoms with E-state index in [4.69, 9.17) is 14.2 Å². The van der Waals surface area contributed by atoms with E-state index in [9.17, 15) is 9.59 Å². The lowest BCUT2D eigenvalue weighted by Gasteiger charge is -2.23. The number of amides is 1. The molecule has 0 unspecified atom stereocenters. The van der Waals surface area contributed by atoms with Crippen molar-refractivity contribution in [3.8, 4) is 17.2 Å². The van der Waals surface area contributed by atoms with Crippen LogP contribution in [0.15, 0.2) is 65.5 Å². The number of aromatic nitrogens is 1. The quantitative estimate of drug-likeness (QED) is 0.441. The highest BCUT2D eigenvalue weighted by atomic mass is 16.7. The van der Waals surface area contributed by atoms with Crippen molar-refractivity contribution in [1.29, 1.82) is 0 Å². The van der Waals surface area contributed by atoms with Crippen molar-refractivity contribution in [3.63, 3.8) is 0 Å². The van der Waals surface area contributed by atoms with Gasteiger partial charge in [0.2, 0.25) is 6.79 Å². The normalized spacial score (nSPS) is 12.1. The van der Waals surface area contributed by atoms with Gasteiger partial charge in [-0.15, -0.1) is 0 Å². The Kier molecular flexibility index (Phi) is 5.91. The molecule has 1 aliphatic rings. The van der Waals surface area contributed by atoms with E-state index >= 15 is 0 Å². The number of hydrogen-bond acceptors (Lipinski definition) is 5. The molecule has 0 bridgehead atoms. The van der Waals surface area contributed by atoms with Crippen LogP contribution < -0.4 is 19.8 Å². The SMILES string of the molecule is COc1cccc(C(=O)N(Cc2ccc3c(c2)OCO3)Cc2cc3cc(C)cc(C)c3[nH]c2=O)c1. The van der Waals surface area contributed by atoms with E-state index in [1.807, 2.05) is 50.2 Å². The van der Waals surface area contributed by atoms with Crippen LogP contribution in [0.3, 0.4) is 0 Å². The Labute approximate surface area is 202 Å². The van der Waals surface area contributed by atoms with Crippen molar-refractivity contribution in [2.24, 2.45) is 0 Å². The maximum absolute atomic E-state index is 13.6. The van der Waals surface area contributed by atoms with E-state index < -0.39 is 0 Å². The van der Waals surface area contributed by atoms with Crippen molar-refractivity contribution in [1.82, 2.24) is 9.88 Å². The molecule has 1 aliphatic heterocycles. The van der Waals surface area contributed by atoms with Crippen molar-refractivity contribution in [3.05, 3.63) is 98.8 Å². The van der Waals surface area contributed by atoms with Gasteiger partial charge in [0.05, 0.1) is 19.2 Å². The highest BCUT2D eigenvalue weighted by Gasteiger charge is 2.21. The van der Waals surface area contributed by atoms with Gasteiger partial charge in [0, 0.05) is 17.7 Å². The fourth-order valence-corrected chi connectivity index (χ4v) is 4.45. The van der Waals surface area contributed by atoms with Crippen LogP contribution in [0, 0.1) is 13.8 Å². The first-order chi connectivity index (χ1) is 16.9. The van der Waals surface area contributed by atoms with Crippen LogP contribution in [0.1, 0.15) is 32.6 Å². The van der Waals surface area contributed by atoms with E-state index in [2.05, 4.69) is 4.98 Å². The molecule has 0 radical (unpaired) electrons. The summed E-state index contributed by atoms with van der Waals surface area (Å²) in [6.45, 7) is 4.61. The molecular formula is C28H26N2O5. The van der Waals surface area contributed by atoms with Crippen LogP contribution in [-0.2, 0) is 13.1 Å². The molecule has 0 saturated heterocycles. The van der Waals surface area contributed by atoms with Gasteiger partial charge >= 0.3 is 0 Å². The van der Waals surface area contributed by atoms with Crippen LogP contribution >= 0.6 is 0 Å². The Morgan fingerprint density at radius 1 is 1.00 bits per heavy atom. The molecule has 1 amide bonds. The summed E-state index contributed by atoms with van der Waals surface area (Å²) in [5.74, 6) is 1.71. The van der Waals surface area contributed by atoms with E-state index in [1.54, 1.807) is 36.3 Å². The van der Waals surface area contributed by atoms with E-state index in [-0.39, 0.29) is 31.3 Å². The summed E-state index contributed by atoms with van der Waals surface area (Å²) in [7, 11) is 1.56. The molecule has 0 saturated carbocycles. The van der Waals surface area contributed by atoms with Gasteiger partial charge in [0.15, 0.2) is 11.5 Å². The van der Waals surface area contributed by atoms with Gasteiger partial charge in [0.1, 0.15) is 5.75 Å². The zero-order valence-corrected chi connectivity index (χ0v) is 19.9. The average molecular weight is 471 g/mol. The molecule has 178 valence electrons. The second kappa shape index (κ2) is 9.18. The standard InChI is InChI=1S/C28H26N2O5/c1-17-9-18(2)26-21(10-17)12-22(27(31)29-26)15-30(28(32)20-5-4-6-23(13-20)33-3)14-19-7-8-24-25(11-19)35-16-34-24/h4-13H,14-16H2,1-3H3,(H,29,31). The maximum Gasteiger partial charge on any atom is 0.254 e. The Bertz CT molecular complexity index is 1490. The van der Waals surface area contributed by atoms with Crippen LogP contribution in [-0.4, -0.2) is 29.7 Å². The van der Waals surface area contributed by atoms with Gasteiger partial charge in [-0.25, -0.2) is 0 Å². The van der Waals surface area contributed by atoms with Gasteiger partial charge < -0.3 is 24.1 Å². The second-order valence-corrected chi connectivity index (χ2v) is 8.75. The molecule has 1 N–H and O–H groups in total. The van der Waals surface area contributed by atoms with Crippen LogP contribution in [0.5, 0.6) is 17.2 Å². The molecule has 0 aliphatic carbocycles. The number of pyridine rings is 1. The van der Waals surface area contributed by atoms with Crippen molar-refractivity contribution >= 4 is 16.8 Å². The topological polar surface area (TPSA) is 80.9 Å². The molecule has 5 rings (SSSR count). The number of nitrogens with zero attached hydrogens (tertiary/aromatic N) is 1. The van der Waals surface area contributed by atoms with Crippen molar-refractivity contribution < 1.29 is 19.0 Å². The largest absolute Gasteiger partial charge is 0.497 e. The number of carbonyl (C=O) groups excluding carboxylic acids is 1. The minimum absolute atomic E-state index is 0.142. The molecule has 35 heavy (non-hydrogen) atoms. The lowest BCUT2D eigenvalue weighted by Crippen LogP contribution is -2.32. The minimum Gasteiger partial charge on any atom is -0.497 e. The zero-order chi connectivity index (χ0) is 24.5. The predicted molar refractivity (Wildman–Crippen MR) is 133 cm³/mol. The number of methoxy groups -OCH3 is 1. The summed E-state index contributed by atoms with van der Waals surface area (Å²) in [4.78, 5) is 31.3. The number of nitrogens with one attached hydrogen (secondary N) is 1. The lowest BCUT2D eigenvalue weighted by atomic mass is 10.0. The molecular weight excluding hydrogens is 444 g/mol. The summed E-state index contributed by atoms with van der Waals surface area (Å²) in [5, 5.41) is 0.939. The number of carbonyl (C=O) groups is 1. The van der Waals surface area contributed by atoms with Gasteiger partial charge in [-0.3, -0.25) is 9.59 Å². The highest BCUT2D eigenvalue weighted by molar-refractivity contribution is 5.94. The van der Waals surface area contributed by atoms with Crippen LogP contribution in [0.2, 0.25) is 0 Å². The highest BCUT2D eigenvalue weighted by Crippen LogP contribution is 2.33. The van der Waals surface area contributed by atoms with E-state index in [1.165, 1.54) is 0 Å². The summed E-state index contributed by atoms with van der Waals surface area (Å²) >= 11 is 0. The van der Waals surface area contributed by atoms with Crippen molar-refractivity contribution in [2.75, 3.05) is 13.9 Å². The first-order valence-electron chi connectivity index (χ1n) is 11.4.